The zero-order valence-corrected chi connectivity index (χ0v) is 16.1. The molecule has 3 aromatic rings. The van der Waals surface area contributed by atoms with Crippen molar-refractivity contribution < 1.29 is 18.0 Å². The second-order valence-electron chi connectivity index (χ2n) is 6.68. The molecule has 0 bridgehead atoms. The first kappa shape index (κ1) is 18.7. The Morgan fingerprint density at radius 3 is 2.52 bits per heavy atom. The topological polar surface area (TPSA) is 122 Å². The molecule has 1 saturated heterocycles. The quantitative estimate of drug-likeness (QED) is 0.552. The van der Waals surface area contributed by atoms with Crippen molar-refractivity contribution >= 4 is 27.6 Å². The van der Waals surface area contributed by atoms with Crippen molar-refractivity contribution in [1.29, 1.82) is 0 Å². The molecule has 10 heteroatoms. The molecule has 9 nitrogen and oxygen atoms in total. The number of hydrogen-bond donors (Lipinski definition) is 3. The molecule has 3 amide bonds. The summed E-state index contributed by atoms with van der Waals surface area (Å²) in [6.07, 6.45) is 2.67. The molecule has 148 valence electrons. The van der Waals surface area contributed by atoms with Crippen LogP contribution in [0.15, 0.2) is 71.9 Å². The number of imide groups is 1. The van der Waals surface area contributed by atoms with Crippen LogP contribution in [-0.4, -0.2) is 30.1 Å². The van der Waals surface area contributed by atoms with E-state index in [4.69, 9.17) is 0 Å². The summed E-state index contributed by atoms with van der Waals surface area (Å²) >= 11 is 0. The maximum absolute atomic E-state index is 12.8. The summed E-state index contributed by atoms with van der Waals surface area (Å²) < 4.78 is 29.5. The molecule has 0 saturated carbocycles. The van der Waals surface area contributed by atoms with Gasteiger partial charge in [-0.2, -0.15) is 5.10 Å². The lowest BCUT2D eigenvalue weighted by atomic mass is 9.92. The van der Waals surface area contributed by atoms with Crippen LogP contribution in [0.5, 0.6) is 0 Å². The van der Waals surface area contributed by atoms with E-state index in [1.807, 2.05) is 30.3 Å². The van der Waals surface area contributed by atoms with Crippen LogP contribution in [0, 0.1) is 0 Å². The van der Waals surface area contributed by atoms with E-state index in [0.29, 0.717) is 5.56 Å². The van der Waals surface area contributed by atoms with Gasteiger partial charge < -0.3 is 5.32 Å². The largest absolute Gasteiger partial charge is 0.322 e. The van der Waals surface area contributed by atoms with Crippen LogP contribution in [-0.2, 0) is 20.4 Å². The molecule has 1 aliphatic rings. The number of carbonyl (C=O) groups is 2. The van der Waals surface area contributed by atoms with Crippen molar-refractivity contribution in [3.63, 3.8) is 0 Å². The standard InChI is InChI=1S/C19H17N5O4S/c1-19(17(25)21-18(26)22-19)13-6-5-7-14(10-13)23-29(27,28)16-11-20-24(12-16)15-8-3-2-4-9-15/h2-12,23H,1H3,(H2,21,22,25,26). The Morgan fingerprint density at radius 1 is 1.07 bits per heavy atom. The van der Waals surface area contributed by atoms with Crippen LogP contribution in [0.4, 0.5) is 10.5 Å². The van der Waals surface area contributed by atoms with Crippen LogP contribution in [0.1, 0.15) is 12.5 Å². The molecular weight excluding hydrogens is 394 g/mol. The second-order valence-corrected chi connectivity index (χ2v) is 8.36. The number of para-hydroxylation sites is 1. The van der Waals surface area contributed by atoms with Crippen molar-refractivity contribution in [1.82, 2.24) is 20.4 Å². The Kier molecular flexibility index (Phi) is 4.35. The number of anilines is 1. The van der Waals surface area contributed by atoms with Gasteiger partial charge in [0.15, 0.2) is 0 Å². The molecular formula is C19H17N5O4S. The number of aromatic nitrogens is 2. The predicted molar refractivity (Wildman–Crippen MR) is 105 cm³/mol. The minimum Gasteiger partial charge on any atom is -0.320 e. The van der Waals surface area contributed by atoms with E-state index in [1.165, 1.54) is 23.1 Å². The lowest BCUT2D eigenvalue weighted by Crippen LogP contribution is -2.40. The fourth-order valence-corrected chi connectivity index (χ4v) is 4.00. The number of carbonyl (C=O) groups excluding carboxylic acids is 2. The van der Waals surface area contributed by atoms with Gasteiger partial charge in [0.25, 0.3) is 15.9 Å². The van der Waals surface area contributed by atoms with Gasteiger partial charge in [-0.15, -0.1) is 0 Å². The maximum Gasteiger partial charge on any atom is 0.322 e. The van der Waals surface area contributed by atoms with Gasteiger partial charge in [-0.1, -0.05) is 30.3 Å². The third-order valence-corrected chi connectivity index (χ3v) is 5.96. The fourth-order valence-electron chi connectivity index (χ4n) is 3.02. The van der Waals surface area contributed by atoms with Gasteiger partial charge in [-0.3, -0.25) is 14.8 Å². The smallest absolute Gasteiger partial charge is 0.320 e. The Bertz CT molecular complexity index is 1210. The highest BCUT2D eigenvalue weighted by Crippen LogP contribution is 2.27. The Hall–Kier alpha value is -3.66. The second kappa shape index (κ2) is 6.74. The van der Waals surface area contributed by atoms with Gasteiger partial charge >= 0.3 is 6.03 Å². The van der Waals surface area contributed by atoms with Crippen LogP contribution < -0.4 is 15.4 Å². The zero-order chi connectivity index (χ0) is 20.6. The van der Waals surface area contributed by atoms with E-state index >= 15 is 0 Å². The highest BCUT2D eigenvalue weighted by Gasteiger charge is 2.43. The molecule has 1 aliphatic heterocycles. The fraction of sp³-hybridized carbons (Fsp3) is 0.105. The molecule has 1 atom stereocenters. The summed E-state index contributed by atoms with van der Waals surface area (Å²) in [7, 11) is -3.91. The minimum absolute atomic E-state index is 0.00937. The van der Waals surface area contributed by atoms with Crippen LogP contribution >= 0.6 is 0 Å². The summed E-state index contributed by atoms with van der Waals surface area (Å²) in [5, 5.41) is 8.83. The summed E-state index contributed by atoms with van der Waals surface area (Å²) in [5.41, 5.74) is 0.148. The number of sulfonamides is 1. The third-order valence-electron chi connectivity index (χ3n) is 4.63. The predicted octanol–water partition coefficient (Wildman–Crippen LogP) is 1.73. The highest BCUT2D eigenvalue weighted by atomic mass is 32.2. The van der Waals surface area contributed by atoms with Gasteiger partial charge in [-0.25, -0.2) is 17.9 Å². The van der Waals surface area contributed by atoms with E-state index in [2.05, 4.69) is 20.5 Å². The average Bonchev–Trinajstić information content (AvgIpc) is 3.28. The lowest BCUT2D eigenvalue weighted by Gasteiger charge is -2.21. The first-order valence-corrected chi connectivity index (χ1v) is 10.1. The number of urea groups is 1. The SMILES string of the molecule is CC1(c2cccc(NS(=O)(=O)c3cnn(-c4ccccc4)c3)c2)NC(=O)NC1=O. The number of rotatable bonds is 5. The van der Waals surface area contributed by atoms with Crippen molar-refractivity contribution in [2.75, 3.05) is 4.72 Å². The lowest BCUT2D eigenvalue weighted by molar-refractivity contribution is -0.123. The zero-order valence-electron chi connectivity index (χ0n) is 15.3. The van der Waals surface area contributed by atoms with E-state index in [0.717, 1.165) is 5.69 Å². The summed E-state index contributed by atoms with van der Waals surface area (Å²) in [6.45, 7) is 1.55. The monoisotopic (exact) mass is 411 g/mol. The Morgan fingerprint density at radius 2 is 1.83 bits per heavy atom. The van der Waals surface area contributed by atoms with Gasteiger partial charge in [0.1, 0.15) is 10.4 Å². The van der Waals surface area contributed by atoms with Gasteiger partial charge in [0.05, 0.1) is 18.1 Å². The molecule has 2 heterocycles. The maximum atomic E-state index is 12.8. The summed E-state index contributed by atoms with van der Waals surface area (Å²) in [5.74, 6) is -0.508. The Balaban J connectivity index is 1.60. The number of amides is 3. The molecule has 1 fully saturated rings. The highest BCUT2D eigenvalue weighted by molar-refractivity contribution is 7.92. The third kappa shape index (κ3) is 3.45. The van der Waals surface area contributed by atoms with Crippen molar-refractivity contribution in [2.24, 2.45) is 0 Å². The van der Waals surface area contributed by atoms with E-state index < -0.39 is 27.5 Å². The van der Waals surface area contributed by atoms with Gasteiger partial charge in [0.2, 0.25) is 0 Å². The number of nitrogens with one attached hydrogen (secondary N) is 3. The minimum atomic E-state index is -3.91. The van der Waals surface area contributed by atoms with Crippen molar-refractivity contribution in [3.05, 3.63) is 72.6 Å². The summed E-state index contributed by atoms with van der Waals surface area (Å²) in [6, 6.07) is 14.8. The number of benzene rings is 2. The summed E-state index contributed by atoms with van der Waals surface area (Å²) in [4.78, 5) is 23.6. The van der Waals surface area contributed by atoms with Gasteiger partial charge in [0, 0.05) is 5.69 Å². The first-order valence-electron chi connectivity index (χ1n) is 8.65. The van der Waals surface area contributed by atoms with Gasteiger partial charge in [-0.05, 0) is 36.8 Å². The molecule has 0 spiro atoms. The normalized spacial score (nSPS) is 18.9. The Labute approximate surface area is 166 Å². The molecule has 3 N–H and O–H groups in total. The van der Waals surface area contributed by atoms with Crippen molar-refractivity contribution in [2.45, 2.75) is 17.4 Å². The van der Waals surface area contributed by atoms with Crippen LogP contribution in [0.2, 0.25) is 0 Å². The number of hydrogen-bond acceptors (Lipinski definition) is 5. The van der Waals surface area contributed by atoms with E-state index in [1.54, 1.807) is 25.1 Å². The molecule has 0 radical (unpaired) electrons. The molecule has 1 unspecified atom stereocenters. The molecule has 1 aromatic heterocycles. The molecule has 0 aliphatic carbocycles. The average molecular weight is 411 g/mol. The number of nitrogens with zero attached hydrogens (tertiary/aromatic N) is 2. The molecule has 4 rings (SSSR count). The van der Waals surface area contributed by atoms with Crippen LogP contribution in [0.3, 0.4) is 0 Å². The molecule has 2 aromatic carbocycles. The van der Waals surface area contributed by atoms with Crippen LogP contribution in [0.25, 0.3) is 5.69 Å². The van der Waals surface area contributed by atoms with E-state index in [9.17, 15) is 18.0 Å². The van der Waals surface area contributed by atoms with E-state index in [-0.39, 0.29) is 10.6 Å². The first-order chi connectivity index (χ1) is 13.8. The molecule has 29 heavy (non-hydrogen) atoms. The van der Waals surface area contributed by atoms with Crippen molar-refractivity contribution in [3.8, 4) is 5.69 Å².